The highest BCUT2D eigenvalue weighted by Crippen LogP contribution is 2.20. The Morgan fingerprint density at radius 3 is 2.35 bits per heavy atom. The molecule has 7 heteroatoms. The number of likely N-dealkylation sites (N-methyl/N-ethyl adjacent to an activating group) is 2. The van der Waals surface area contributed by atoms with Crippen LogP contribution in [0.15, 0.2) is 24.3 Å². The lowest BCUT2D eigenvalue weighted by atomic mass is 10.1. The van der Waals surface area contributed by atoms with Crippen LogP contribution in [-0.4, -0.2) is 62.3 Å². The Kier molecular flexibility index (Phi) is 10.2. The molecule has 0 unspecified atom stereocenters. The normalized spacial score (nSPS) is 14.7. The van der Waals surface area contributed by atoms with Crippen molar-refractivity contribution in [3.63, 3.8) is 0 Å². The third-order valence-electron chi connectivity index (χ3n) is 3.99. The first-order valence-electron chi connectivity index (χ1n) is 7.55. The number of piperidine rings is 1. The number of aliphatic hydroxyl groups excluding tert-OH is 1. The fourth-order valence-corrected chi connectivity index (χ4v) is 2.54. The number of aliphatic hydroxyl groups is 1. The molecule has 2 N–H and O–H groups in total. The van der Waals surface area contributed by atoms with Crippen LogP contribution in [0.25, 0.3) is 0 Å². The molecule has 0 spiro atoms. The van der Waals surface area contributed by atoms with Gasteiger partial charge in [-0.1, -0.05) is 0 Å². The van der Waals surface area contributed by atoms with Crippen LogP contribution in [0, 0.1) is 0 Å². The fourth-order valence-electron chi connectivity index (χ4n) is 2.54. The third-order valence-corrected chi connectivity index (χ3v) is 3.99. The summed E-state index contributed by atoms with van der Waals surface area (Å²) in [7, 11) is 3.70. The van der Waals surface area contributed by atoms with Crippen molar-refractivity contribution in [2.45, 2.75) is 18.9 Å². The summed E-state index contributed by atoms with van der Waals surface area (Å²) in [5.74, 6) is 0.0471. The molecule has 1 saturated heterocycles. The summed E-state index contributed by atoms with van der Waals surface area (Å²) in [6.07, 6.45) is 1.46. The number of halogens is 2. The minimum Gasteiger partial charge on any atom is -0.393 e. The highest BCUT2D eigenvalue weighted by atomic mass is 35.5. The van der Waals surface area contributed by atoms with Crippen molar-refractivity contribution in [2.75, 3.05) is 45.2 Å². The smallest absolute Gasteiger partial charge is 0.253 e. The van der Waals surface area contributed by atoms with Gasteiger partial charge in [-0.3, -0.25) is 4.79 Å². The molecule has 1 fully saturated rings. The van der Waals surface area contributed by atoms with E-state index in [4.69, 9.17) is 0 Å². The number of anilines is 1. The van der Waals surface area contributed by atoms with E-state index in [1.807, 2.05) is 38.4 Å². The molecule has 1 aliphatic rings. The van der Waals surface area contributed by atoms with Gasteiger partial charge in [0.05, 0.1) is 6.10 Å². The lowest BCUT2D eigenvalue weighted by Crippen LogP contribution is -2.36. The predicted octanol–water partition coefficient (Wildman–Crippen LogP) is 1.78. The molecule has 132 valence electrons. The van der Waals surface area contributed by atoms with Gasteiger partial charge < -0.3 is 20.2 Å². The van der Waals surface area contributed by atoms with Crippen molar-refractivity contribution >= 4 is 36.4 Å². The standard InChI is InChI=1S/C16H25N3O2.2ClH/c1-17-9-12-18(2)16(21)13-3-5-14(6-4-13)19-10-7-15(20)8-11-19;;/h3-6,15,17,20H,7-12H2,1-2H3;2*1H. The number of carbonyl (C=O) groups excluding carboxylic acids is 1. The van der Waals surface area contributed by atoms with Crippen molar-refractivity contribution in [2.24, 2.45) is 0 Å². The maximum absolute atomic E-state index is 12.2. The van der Waals surface area contributed by atoms with Crippen molar-refractivity contribution in [3.05, 3.63) is 29.8 Å². The minimum atomic E-state index is -0.164. The van der Waals surface area contributed by atoms with Gasteiger partial charge in [0.15, 0.2) is 0 Å². The van der Waals surface area contributed by atoms with Crippen molar-refractivity contribution in [1.29, 1.82) is 0 Å². The Morgan fingerprint density at radius 1 is 1.26 bits per heavy atom. The molecule has 0 saturated carbocycles. The Hall–Kier alpha value is -1.01. The van der Waals surface area contributed by atoms with Gasteiger partial charge in [-0.15, -0.1) is 24.8 Å². The zero-order valence-electron chi connectivity index (χ0n) is 13.7. The molecule has 0 atom stereocenters. The maximum atomic E-state index is 12.2. The van der Waals surface area contributed by atoms with Crippen LogP contribution in [0.1, 0.15) is 23.2 Å². The number of carbonyl (C=O) groups is 1. The van der Waals surface area contributed by atoms with Crippen molar-refractivity contribution in [1.82, 2.24) is 10.2 Å². The monoisotopic (exact) mass is 363 g/mol. The molecule has 1 heterocycles. The zero-order chi connectivity index (χ0) is 15.2. The summed E-state index contributed by atoms with van der Waals surface area (Å²) in [5, 5.41) is 12.6. The van der Waals surface area contributed by atoms with Gasteiger partial charge in [-0.2, -0.15) is 0 Å². The van der Waals surface area contributed by atoms with Crippen LogP contribution < -0.4 is 10.2 Å². The van der Waals surface area contributed by atoms with Crippen LogP contribution >= 0.6 is 24.8 Å². The molecule has 23 heavy (non-hydrogen) atoms. The van der Waals surface area contributed by atoms with Crippen LogP contribution in [0.2, 0.25) is 0 Å². The van der Waals surface area contributed by atoms with E-state index in [2.05, 4.69) is 10.2 Å². The number of hydrogen-bond donors (Lipinski definition) is 2. The second kappa shape index (κ2) is 10.7. The van der Waals surface area contributed by atoms with Gasteiger partial charge in [-0.25, -0.2) is 0 Å². The van der Waals surface area contributed by atoms with Gasteiger partial charge in [-0.05, 0) is 44.2 Å². The molecule has 0 radical (unpaired) electrons. The lowest BCUT2D eigenvalue weighted by molar-refractivity contribution is 0.0797. The van der Waals surface area contributed by atoms with Gasteiger partial charge in [0.1, 0.15) is 0 Å². The average molecular weight is 364 g/mol. The Bertz CT molecular complexity index is 463. The quantitative estimate of drug-likeness (QED) is 0.837. The number of benzene rings is 1. The fraction of sp³-hybridized carbons (Fsp3) is 0.562. The van der Waals surface area contributed by atoms with Gasteiger partial charge in [0, 0.05) is 44.5 Å². The summed E-state index contributed by atoms with van der Waals surface area (Å²) < 4.78 is 0. The first-order chi connectivity index (χ1) is 10.1. The number of nitrogens with zero attached hydrogens (tertiary/aromatic N) is 2. The highest BCUT2D eigenvalue weighted by molar-refractivity contribution is 5.94. The lowest BCUT2D eigenvalue weighted by Gasteiger charge is -2.31. The summed E-state index contributed by atoms with van der Waals surface area (Å²) in [6, 6.07) is 7.77. The summed E-state index contributed by atoms with van der Waals surface area (Å²) in [4.78, 5) is 16.2. The van der Waals surface area contributed by atoms with E-state index >= 15 is 0 Å². The highest BCUT2D eigenvalue weighted by Gasteiger charge is 2.18. The molecule has 1 aliphatic heterocycles. The first-order valence-corrected chi connectivity index (χ1v) is 7.55. The van der Waals surface area contributed by atoms with E-state index in [9.17, 15) is 9.90 Å². The SMILES string of the molecule is CNCCN(C)C(=O)c1ccc(N2CCC(O)CC2)cc1.Cl.Cl. The first kappa shape index (κ1) is 22.0. The van der Waals surface area contributed by atoms with Crippen molar-refractivity contribution < 1.29 is 9.90 Å². The van der Waals surface area contributed by atoms with E-state index in [0.29, 0.717) is 6.54 Å². The Morgan fingerprint density at radius 2 is 1.83 bits per heavy atom. The molecule has 1 amide bonds. The minimum absolute atomic E-state index is 0. The number of nitrogens with one attached hydrogen (secondary N) is 1. The molecule has 0 aliphatic carbocycles. The van der Waals surface area contributed by atoms with Gasteiger partial charge in [0.2, 0.25) is 0 Å². The van der Waals surface area contributed by atoms with Crippen LogP contribution in [0.5, 0.6) is 0 Å². The summed E-state index contributed by atoms with van der Waals surface area (Å²) in [5.41, 5.74) is 1.84. The van der Waals surface area contributed by atoms with E-state index in [1.54, 1.807) is 4.90 Å². The second-order valence-corrected chi connectivity index (χ2v) is 5.60. The average Bonchev–Trinajstić information content (AvgIpc) is 2.53. The van der Waals surface area contributed by atoms with Crippen LogP contribution in [0.4, 0.5) is 5.69 Å². The Labute approximate surface area is 150 Å². The molecule has 0 bridgehead atoms. The number of hydrogen-bond acceptors (Lipinski definition) is 4. The van der Waals surface area contributed by atoms with Crippen LogP contribution in [-0.2, 0) is 0 Å². The largest absolute Gasteiger partial charge is 0.393 e. The molecule has 5 nitrogen and oxygen atoms in total. The van der Waals surface area contributed by atoms with Gasteiger partial charge >= 0.3 is 0 Å². The molecular formula is C16H27Cl2N3O2. The third kappa shape index (κ3) is 6.18. The second-order valence-electron chi connectivity index (χ2n) is 5.60. The van der Waals surface area contributed by atoms with E-state index in [0.717, 1.165) is 43.7 Å². The molecule has 1 aromatic carbocycles. The molecule has 0 aromatic heterocycles. The Balaban J connectivity index is 0.00000242. The molecule has 2 rings (SSSR count). The number of rotatable bonds is 5. The zero-order valence-corrected chi connectivity index (χ0v) is 15.3. The molecule has 1 aromatic rings. The van der Waals surface area contributed by atoms with Crippen LogP contribution in [0.3, 0.4) is 0 Å². The van der Waals surface area contributed by atoms with E-state index < -0.39 is 0 Å². The van der Waals surface area contributed by atoms with E-state index in [-0.39, 0.29) is 36.8 Å². The molecular weight excluding hydrogens is 337 g/mol. The van der Waals surface area contributed by atoms with Gasteiger partial charge in [0.25, 0.3) is 5.91 Å². The van der Waals surface area contributed by atoms with E-state index in [1.165, 1.54) is 0 Å². The number of amides is 1. The maximum Gasteiger partial charge on any atom is 0.253 e. The topological polar surface area (TPSA) is 55.8 Å². The summed E-state index contributed by atoms with van der Waals surface area (Å²) >= 11 is 0. The summed E-state index contributed by atoms with van der Waals surface area (Å²) in [6.45, 7) is 3.23. The predicted molar refractivity (Wildman–Crippen MR) is 99.3 cm³/mol. The van der Waals surface area contributed by atoms with Crippen molar-refractivity contribution in [3.8, 4) is 0 Å².